The lowest BCUT2D eigenvalue weighted by molar-refractivity contribution is -0.111. The van der Waals surface area contributed by atoms with Crippen LogP contribution in [0, 0.1) is 6.92 Å². The van der Waals surface area contributed by atoms with E-state index in [2.05, 4.69) is 15.7 Å². The predicted octanol–water partition coefficient (Wildman–Crippen LogP) is 4.45. The largest absolute Gasteiger partial charge is 0.376 e. The molecule has 1 atom stereocenters. The molecule has 34 heavy (non-hydrogen) atoms. The first kappa shape index (κ1) is 23.7. The van der Waals surface area contributed by atoms with Crippen LogP contribution in [0.1, 0.15) is 40.0 Å². The molecular formula is C26H27ClN4O3. The maximum atomic E-state index is 12.7. The quantitative estimate of drug-likeness (QED) is 0.468. The normalized spacial score (nSPS) is 15.5. The highest BCUT2D eigenvalue weighted by Crippen LogP contribution is 2.23. The topological polar surface area (TPSA) is 85.2 Å². The Morgan fingerprint density at radius 3 is 2.71 bits per heavy atom. The van der Waals surface area contributed by atoms with Gasteiger partial charge in [0.1, 0.15) is 5.15 Å². The van der Waals surface area contributed by atoms with Gasteiger partial charge < -0.3 is 15.4 Å². The van der Waals surface area contributed by atoms with E-state index in [1.54, 1.807) is 35.0 Å². The van der Waals surface area contributed by atoms with Crippen molar-refractivity contribution in [3.63, 3.8) is 0 Å². The van der Waals surface area contributed by atoms with Crippen molar-refractivity contribution in [2.24, 2.45) is 0 Å². The molecule has 0 bridgehead atoms. The number of carbonyl (C=O) groups is 2. The minimum Gasteiger partial charge on any atom is -0.376 e. The van der Waals surface area contributed by atoms with Crippen LogP contribution in [0.3, 0.4) is 0 Å². The molecule has 1 unspecified atom stereocenters. The number of nitrogens with one attached hydrogen (secondary N) is 2. The van der Waals surface area contributed by atoms with Gasteiger partial charge in [0.25, 0.3) is 5.91 Å². The fourth-order valence-corrected chi connectivity index (χ4v) is 4.15. The van der Waals surface area contributed by atoms with Crippen LogP contribution in [-0.2, 0) is 16.1 Å². The zero-order chi connectivity index (χ0) is 23.9. The van der Waals surface area contributed by atoms with Crippen molar-refractivity contribution in [1.29, 1.82) is 0 Å². The summed E-state index contributed by atoms with van der Waals surface area (Å²) in [6, 6.07) is 16.8. The molecule has 2 amide bonds. The number of rotatable bonds is 8. The second-order valence-corrected chi connectivity index (χ2v) is 8.50. The van der Waals surface area contributed by atoms with Crippen molar-refractivity contribution in [3.05, 3.63) is 88.2 Å². The Kier molecular flexibility index (Phi) is 7.77. The number of benzene rings is 2. The number of para-hydroxylation sites is 1. The second kappa shape index (κ2) is 11.1. The summed E-state index contributed by atoms with van der Waals surface area (Å²) < 4.78 is 7.26. The molecule has 176 valence electrons. The third kappa shape index (κ3) is 5.92. The summed E-state index contributed by atoms with van der Waals surface area (Å²) in [6.07, 6.45) is 5.02. The fourth-order valence-electron chi connectivity index (χ4n) is 3.85. The first-order chi connectivity index (χ1) is 16.5. The number of carbonyl (C=O) groups excluding carboxylic acids is 2. The van der Waals surface area contributed by atoms with Gasteiger partial charge in [0.2, 0.25) is 5.91 Å². The van der Waals surface area contributed by atoms with Crippen molar-refractivity contribution in [3.8, 4) is 0 Å². The number of anilines is 1. The Hall–Kier alpha value is -3.42. The van der Waals surface area contributed by atoms with Crippen molar-refractivity contribution in [2.75, 3.05) is 18.5 Å². The van der Waals surface area contributed by atoms with Gasteiger partial charge in [-0.1, -0.05) is 54.1 Å². The van der Waals surface area contributed by atoms with E-state index in [1.165, 1.54) is 6.08 Å². The van der Waals surface area contributed by atoms with Gasteiger partial charge >= 0.3 is 0 Å². The molecule has 8 heteroatoms. The van der Waals surface area contributed by atoms with Crippen LogP contribution >= 0.6 is 11.6 Å². The SMILES string of the molecule is Cc1nn(Cc2ccccc2)c(Cl)c1/C=C/C(=O)Nc1ccccc1C(=O)NCC1CCCO1. The van der Waals surface area contributed by atoms with Crippen molar-refractivity contribution < 1.29 is 14.3 Å². The Morgan fingerprint density at radius 1 is 1.18 bits per heavy atom. The molecule has 2 N–H and O–H groups in total. The molecule has 0 spiro atoms. The van der Waals surface area contributed by atoms with E-state index >= 15 is 0 Å². The second-order valence-electron chi connectivity index (χ2n) is 8.15. The van der Waals surface area contributed by atoms with Gasteiger partial charge in [0.15, 0.2) is 0 Å². The van der Waals surface area contributed by atoms with Crippen LogP contribution in [0.2, 0.25) is 5.15 Å². The molecular weight excluding hydrogens is 452 g/mol. The molecule has 1 fully saturated rings. The molecule has 1 saturated heterocycles. The van der Waals surface area contributed by atoms with Crippen LogP contribution < -0.4 is 10.6 Å². The molecule has 3 aromatic rings. The summed E-state index contributed by atoms with van der Waals surface area (Å²) in [7, 11) is 0. The standard InChI is InChI=1S/C26H27ClN4O3/c1-18-21(25(27)31(30-18)17-19-8-3-2-4-9-19)13-14-24(32)29-23-12-6-5-11-22(23)26(33)28-16-20-10-7-15-34-20/h2-6,8-9,11-14,20H,7,10,15-17H2,1H3,(H,28,33)(H,29,32)/b14-13+. The number of hydrogen-bond donors (Lipinski definition) is 2. The minimum absolute atomic E-state index is 0.0458. The number of aromatic nitrogens is 2. The highest BCUT2D eigenvalue weighted by atomic mass is 35.5. The monoisotopic (exact) mass is 478 g/mol. The van der Waals surface area contributed by atoms with Crippen LogP contribution in [0.25, 0.3) is 6.08 Å². The van der Waals surface area contributed by atoms with Crippen LogP contribution in [0.5, 0.6) is 0 Å². The lowest BCUT2D eigenvalue weighted by Crippen LogP contribution is -2.32. The lowest BCUT2D eigenvalue weighted by Gasteiger charge is -2.13. The maximum absolute atomic E-state index is 12.7. The third-order valence-corrected chi connectivity index (χ3v) is 6.03. The molecule has 1 aliphatic rings. The van der Waals surface area contributed by atoms with E-state index in [-0.39, 0.29) is 17.9 Å². The first-order valence-electron chi connectivity index (χ1n) is 11.3. The Balaban J connectivity index is 1.41. The van der Waals surface area contributed by atoms with E-state index in [1.807, 2.05) is 37.3 Å². The summed E-state index contributed by atoms with van der Waals surface area (Å²) in [5.74, 6) is -0.623. The average Bonchev–Trinajstić information content (AvgIpc) is 3.45. The summed E-state index contributed by atoms with van der Waals surface area (Å²) in [4.78, 5) is 25.3. The summed E-state index contributed by atoms with van der Waals surface area (Å²) in [5.41, 5.74) is 3.31. The summed E-state index contributed by atoms with van der Waals surface area (Å²) in [6.45, 7) is 3.56. The first-order valence-corrected chi connectivity index (χ1v) is 11.6. The van der Waals surface area contributed by atoms with E-state index in [4.69, 9.17) is 16.3 Å². The Bertz CT molecular complexity index is 1180. The molecule has 0 aliphatic carbocycles. The van der Waals surface area contributed by atoms with Crippen LogP contribution in [0.4, 0.5) is 5.69 Å². The number of aryl methyl sites for hydroxylation is 1. The molecule has 0 radical (unpaired) electrons. The number of ether oxygens (including phenoxy) is 1. The maximum Gasteiger partial charge on any atom is 0.253 e. The van der Waals surface area contributed by atoms with Gasteiger partial charge in [0, 0.05) is 24.8 Å². The predicted molar refractivity (Wildman–Crippen MR) is 133 cm³/mol. The lowest BCUT2D eigenvalue weighted by atomic mass is 10.1. The van der Waals surface area contributed by atoms with Crippen molar-refractivity contribution in [2.45, 2.75) is 32.4 Å². The van der Waals surface area contributed by atoms with Crippen molar-refractivity contribution >= 4 is 35.2 Å². The molecule has 7 nitrogen and oxygen atoms in total. The average molecular weight is 479 g/mol. The Labute approximate surface area is 203 Å². The number of halogens is 1. The van der Waals surface area contributed by atoms with Gasteiger partial charge in [-0.05, 0) is 43.5 Å². The van der Waals surface area contributed by atoms with Crippen LogP contribution in [0.15, 0.2) is 60.7 Å². The van der Waals surface area contributed by atoms with E-state index in [0.29, 0.717) is 35.1 Å². The third-order valence-electron chi connectivity index (χ3n) is 5.63. The Morgan fingerprint density at radius 2 is 1.94 bits per heavy atom. The zero-order valence-corrected chi connectivity index (χ0v) is 19.7. The van der Waals surface area contributed by atoms with Gasteiger partial charge in [-0.2, -0.15) is 5.10 Å². The van der Waals surface area contributed by atoms with Gasteiger partial charge in [-0.25, -0.2) is 4.68 Å². The molecule has 2 aromatic carbocycles. The minimum atomic E-state index is -0.370. The highest BCUT2D eigenvalue weighted by molar-refractivity contribution is 6.31. The van der Waals surface area contributed by atoms with Crippen LogP contribution in [-0.4, -0.2) is 40.9 Å². The van der Waals surface area contributed by atoms with Gasteiger partial charge in [-0.15, -0.1) is 0 Å². The molecule has 0 saturated carbocycles. The molecule has 2 heterocycles. The van der Waals surface area contributed by atoms with E-state index in [9.17, 15) is 9.59 Å². The fraction of sp³-hybridized carbons (Fsp3) is 0.269. The highest BCUT2D eigenvalue weighted by Gasteiger charge is 2.18. The molecule has 1 aromatic heterocycles. The van der Waals surface area contributed by atoms with Gasteiger partial charge in [-0.3, -0.25) is 9.59 Å². The number of amides is 2. The summed E-state index contributed by atoms with van der Waals surface area (Å²) in [5, 5.41) is 10.6. The molecule has 4 rings (SSSR count). The molecule has 1 aliphatic heterocycles. The number of nitrogens with zero attached hydrogens (tertiary/aromatic N) is 2. The zero-order valence-electron chi connectivity index (χ0n) is 19.0. The number of hydrogen-bond acceptors (Lipinski definition) is 4. The summed E-state index contributed by atoms with van der Waals surface area (Å²) >= 11 is 6.53. The van der Waals surface area contributed by atoms with Crippen molar-refractivity contribution in [1.82, 2.24) is 15.1 Å². The van der Waals surface area contributed by atoms with E-state index < -0.39 is 0 Å². The van der Waals surface area contributed by atoms with Gasteiger partial charge in [0.05, 0.1) is 29.6 Å². The van der Waals surface area contributed by atoms with E-state index in [0.717, 1.165) is 30.7 Å². The smallest absolute Gasteiger partial charge is 0.253 e.